The molecule has 126 valence electrons. The smallest absolute Gasteiger partial charge is 0.339 e. The minimum atomic E-state index is -4.52. The molecule has 0 saturated heterocycles. The summed E-state index contributed by atoms with van der Waals surface area (Å²) < 4.78 is 40.8. The number of hydrogen-bond acceptors (Lipinski definition) is 4. The summed E-state index contributed by atoms with van der Waals surface area (Å²) >= 11 is 0. The van der Waals surface area contributed by atoms with E-state index in [9.17, 15) is 18.0 Å². The lowest BCUT2D eigenvalue weighted by molar-refractivity contribution is -0.161. The summed E-state index contributed by atoms with van der Waals surface area (Å²) in [7, 11) is 1.42. The normalized spacial score (nSPS) is 22.8. The van der Waals surface area contributed by atoms with E-state index in [0.29, 0.717) is 11.7 Å². The Morgan fingerprint density at radius 1 is 1.43 bits per heavy atom. The summed E-state index contributed by atoms with van der Waals surface area (Å²) in [4.78, 5) is 12.1. The van der Waals surface area contributed by atoms with Crippen LogP contribution >= 0.6 is 0 Å². The Morgan fingerprint density at radius 3 is 2.65 bits per heavy atom. The van der Waals surface area contributed by atoms with Gasteiger partial charge < -0.3 is 10.3 Å². The zero-order valence-corrected chi connectivity index (χ0v) is 12.6. The maximum Gasteiger partial charge on any atom is 0.408 e. The highest BCUT2D eigenvalue weighted by Crippen LogP contribution is 2.35. The van der Waals surface area contributed by atoms with Gasteiger partial charge in [-0.15, -0.1) is 0 Å². The van der Waals surface area contributed by atoms with E-state index >= 15 is 0 Å². The third-order valence-corrected chi connectivity index (χ3v) is 4.33. The van der Waals surface area contributed by atoms with E-state index in [-0.39, 0.29) is 17.7 Å². The number of carbonyl (C=O) groups excluding carboxylic acids is 1. The number of nitrogens with two attached hydrogens (primary N) is 1. The van der Waals surface area contributed by atoms with E-state index < -0.39 is 18.1 Å². The molecule has 23 heavy (non-hydrogen) atoms. The van der Waals surface area contributed by atoms with Crippen LogP contribution in [0.15, 0.2) is 18.0 Å². The predicted octanol–water partition coefficient (Wildman–Crippen LogP) is 1.58. The van der Waals surface area contributed by atoms with Crippen molar-refractivity contribution >= 4 is 11.5 Å². The molecule has 1 fully saturated rings. The molecule has 1 saturated carbocycles. The molecule has 2 aliphatic rings. The lowest BCUT2D eigenvalue weighted by Gasteiger charge is -2.31. The Hall–Kier alpha value is -2.03. The molecule has 1 unspecified atom stereocenters. The quantitative estimate of drug-likeness (QED) is 0.652. The van der Waals surface area contributed by atoms with Crippen molar-refractivity contribution in [1.29, 1.82) is 0 Å². The van der Waals surface area contributed by atoms with Crippen LogP contribution in [-0.4, -0.2) is 40.0 Å². The number of aromatic nitrogens is 2. The van der Waals surface area contributed by atoms with Gasteiger partial charge in [0.05, 0.1) is 11.7 Å². The zero-order valence-electron chi connectivity index (χ0n) is 12.6. The Labute approximate surface area is 131 Å². The molecular formula is C14H18F3N5O. The largest absolute Gasteiger partial charge is 0.408 e. The molecular weight excluding hydrogens is 311 g/mol. The van der Waals surface area contributed by atoms with Gasteiger partial charge in [0.2, 0.25) is 0 Å². The SMILES string of the molecule is CN(N)C1=C(c2ccn(C3CCC3)n2)CC(C(F)(F)F)NC1=O. The number of carbonyl (C=O) groups is 1. The van der Waals surface area contributed by atoms with Gasteiger partial charge in [0.15, 0.2) is 0 Å². The molecule has 1 atom stereocenters. The molecule has 1 aromatic rings. The molecule has 1 amide bonds. The van der Waals surface area contributed by atoms with Gasteiger partial charge >= 0.3 is 6.18 Å². The van der Waals surface area contributed by atoms with Crippen molar-refractivity contribution in [3.63, 3.8) is 0 Å². The highest BCUT2D eigenvalue weighted by atomic mass is 19.4. The fourth-order valence-electron chi connectivity index (χ4n) is 2.87. The van der Waals surface area contributed by atoms with Crippen LogP contribution in [0.25, 0.3) is 5.57 Å². The van der Waals surface area contributed by atoms with Crippen molar-refractivity contribution in [1.82, 2.24) is 20.1 Å². The first kappa shape index (κ1) is 15.9. The first-order valence-electron chi connectivity index (χ1n) is 7.42. The zero-order chi connectivity index (χ0) is 16.8. The van der Waals surface area contributed by atoms with Crippen molar-refractivity contribution in [2.24, 2.45) is 5.84 Å². The van der Waals surface area contributed by atoms with Gasteiger partial charge in [0.1, 0.15) is 11.7 Å². The lowest BCUT2D eigenvalue weighted by Crippen LogP contribution is -2.51. The summed E-state index contributed by atoms with van der Waals surface area (Å²) in [5.74, 6) is 4.81. The number of nitrogens with one attached hydrogen (secondary N) is 1. The molecule has 0 radical (unpaired) electrons. The minimum Gasteiger partial charge on any atom is -0.339 e. The van der Waals surface area contributed by atoms with Crippen LogP contribution in [0.3, 0.4) is 0 Å². The van der Waals surface area contributed by atoms with Crippen LogP contribution in [-0.2, 0) is 4.79 Å². The van der Waals surface area contributed by atoms with Gasteiger partial charge in [-0.1, -0.05) is 0 Å². The maximum atomic E-state index is 13.0. The van der Waals surface area contributed by atoms with Gasteiger partial charge in [0, 0.05) is 25.2 Å². The average Bonchev–Trinajstić information content (AvgIpc) is 2.83. The standard InChI is InChI=1S/C14H18F3N5O/c1-21(18)12-9(7-11(14(15,16)17)19-13(12)23)10-5-6-22(20-10)8-3-2-4-8/h5-6,8,11H,2-4,7,18H2,1H3,(H,19,23). The Balaban J connectivity index is 1.98. The van der Waals surface area contributed by atoms with E-state index in [1.54, 1.807) is 16.9 Å². The fraction of sp³-hybridized carbons (Fsp3) is 0.571. The molecule has 1 aliphatic heterocycles. The molecule has 6 nitrogen and oxygen atoms in total. The Kier molecular flexibility index (Phi) is 3.83. The highest BCUT2D eigenvalue weighted by Gasteiger charge is 2.45. The number of hydrogen-bond donors (Lipinski definition) is 2. The van der Waals surface area contributed by atoms with Gasteiger partial charge in [-0.2, -0.15) is 18.3 Å². The summed E-state index contributed by atoms with van der Waals surface area (Å²) in [5.41, 5.74) is 0.608. The van der Waals surface area contributed by atoms with Crippen molar-refractivity contribution in [3.05, 3.63) is 23.7 Å². The van der Waals surface area contributed by atoms with Crippen molar-refractivity contribution in [2.75, 3.05) is 7.05 Å². The summed E-state index contributed by atoms with van der Waals surface area (Å²) in [6.07, 6.45) is -0.0117. The molecule has 1 aromatic heterocycles. The number of rotatable bonds is 3. The summed E-state index contributed by atoms with van der Waals surface area (Å²) in [5, 5.41) is 7.37. The van der Waals surface area contributed by atoms with Gasteiger partial charge in [-0.25, -0.2) is 5.84 Å². The van der Waals surface area contributed by atoms with E-state index in [4.69, 9.17) is 5.84 Å². The molecule has 9 heteroatoms. The van der Waals surface area contributed by atoms with Crippen LogP contribution in [0.1, 0.15) is 37.4 Å². The third kappa shape index (κ3) is 2.92. The van der Waals surface area contributed by atoms with Crippen LogP contribution in [0.4, 0.5) is 13.2 Å². The van der Waals surface area contributed by atoms with E-state index in [2.05, 4.69) is 5.10 Å². The Morgan fingerprint density at radius 2 is 2.13 bits per heavy atom. The van der Waals surface area contributed by atoms with E-state index in [1.165, 1.54) is 7.05 Å². The number of nitrogens with zero attached hydrogens (tertiary/aromatic N) is 3. The lowest BCUT2D eigenvalue weighted by atomic mass is 9.93. The van der Waals surface area contributed by atoms with Crippen molar-refractivity contribution in [2.45, 2.75) is 43.9 Å². The monoisotopic (exact) mass is 329 g/mol. The molecule has 0 aromatic carbocycles. The topological polar surface area (TPSA) is 76.2 Å². The van der Waals surface area contributed by atoms with E-state index in [1.807, 2.05) is 5.32 Å². The number of alkyl halides is 3. The molecule has 1 aliphatic carbocycles. The molecule has 2 heterocycles. The second-order valence-electron chi connectivity index (χ2n) is 5.98. The average molecular weight is 329 g/mol. The molecule has 0 bridgehead atoms. The predicted molar refractivity (Wildman–Crippen MR) is 76.6 cm³/mol. The molecule has 0 spiro atoms. The highest BCUT2D eigenvalue weighted by molar-refractivity contribution is 6.02. The number of amides is 1. The van der Waals surface area contributed by atoms with Crippen LogP contribution in [0.2, 0.25) is 0 Å². The third-order valence-electron chi connectivity index (χ3n) is 4.33. The van der Waals surface area contributed by atoms with Crippen LogP contribution in [0, 0.1) is 0 Å². The summed E-state index contributed by atoms with van der Waals surface area (Å²) in [6, 6.07) is 0.00482. The molecule has 3 N–H and O–H groups in total. The van der Waals surface area contributed by atoms with Crippen molar-refractivity contribution in [3.8, 4) is 0 Å². The van der Waals surface area contributed by atoms with Crippen LogP contribution < -0.4 is 11.2 Å². The first-order valence-corrected chi connectivity index (χ1v) is 7.42. The van der Waals surface area contributed by atoms with Crippen molar-refractivity contribution < 1.29 is 18.0 Å². The Bertz CT molecular complexity index is 645. The van der Waals surface area contributed by atoms with Gasteiger partial charge in [0.25, 0.3) is 5.91 Å². The number of hydrazine groups is 1. The van der Waals surface area contributed by atoms with Gasteiger partial charge in [-0.3, -0.25) is 9.48 Å². The second kappa shape index (κ2) is 5.55. The van der Waals surface area contributed by atoms with Crippen LogP contribution in [0.5, 0.6) is 0 Å². The molecule has 3 rings (SSSR count). The number of likely N-dealkylation sites (N-methyl/N-ethyl adjacent to an activating group) is 1. The fourth-order valence-corrected chi connectivity index (χ4v) is 2.87. The number of halogens is 3. The second-order valence-corrected chi connectivity index (χ2v) is 5.98. The maximum absolute atomic E-state index is 13.0. The van der Waals surface area contributed by atoms with Gasteiger partial charge in [-0.05, 0) is 25.3 Å². The van der Waals surface area contributed by atoms with E-state index in [0.717, 1.165) is 24.3 Å². The summed E-state index contributed by atoms with van der Waals surface area (Å²) in [6.45, 7) is 0. The minimum absolute atomic E-state index is 0.0179. The first-order chi connectivity index (χ1) is 10.8.